The average Bonchev–Trinajstić information content (AvgIpc) is 3.82. The van der Waals surface area contributed by atoms with Gasteiger partial charge in [-0.15, -0.1) is 0 Å². The molecule has 0 bridgehead atoms. The molecule has 0 aromatic heterocycles. The fraction of sp³-hybridized carbons (Fsp3) is 0.119. The fourth-order valence-electron chi connectivity index (χ4n) is 11.9. The molecule has 0 fully saturated rings. The van der Waals surface area contributed by atoms with Gasteiger partial charge in [-0.2, -0.15) is 0 Å². The molecule has 61 heavy (non-hydrogen) atoms. The van der Waals surface area contributed by atoms with E-state index in [1.807, 2.05) is 0 Å². The van der Waals surface area contributed by atoms with E-state index in [2.05, 4.69) is 221 Å². The lowest BCUT2D eigenvalue weighted by Crippen LogP contribution is -2.32. The first-order chi connectivity index (χ1) is 29.8. The summed E-state index contributed by atoms with van der Waals surface area (Å²) in [5.41, 5.74) is 20.5. The zero-order chi connectivity index (χ0) is 40.8. The molecule has 9 aromatic rings. The summed E-state index contributed by atoms with van der Waals surface area (Å²) in [5.74, 6) is 1.76. The Morgan fingerprint density at radius 3 is 1.57 bits per heavy atom. The van der Waals surface area contributed by atoms with E-state index in [0.29, 0.717) is 0 Å². The van der Waals surface area contributed by atoms with Gasteiger partial charge in [-0.05, 0) is 114 Å². The number of ether oxygens (including phenoxy) is 1. The number of benzene rings is 9. The lowest BCUT2D eigenvalue weighted by atomic mass is 9.66. The first-order valence-electron chi connectivity index (χ1n) is 21.6. The molecule has 1 spiro atoms. The highest BCUT2D eigenvalue weighted by Crippen LogP contribution is 2.65. The van der Waals surface area contributed by atoms with Crippen molar-refractivity contribution in [1.29, 1.82) is 0 Å². The van der Waals surface area contributed by atoms with Crippen molar-refractivity contribution >= 4 is 27.8 Å². The molecule has 2 nitrogen and oxygen atoms in total. The Balaban J connectivity index is 1.10. The van der Waals surface area contributed by atoms with E-state index in [4.69, 9.17) is 4.74 Å². The van der Waals surface area contributed by atoms with E-state index in [9.17, 15) is 0 Å². The molecule has 13 rings (SSSR count). The van der Waals surface area contributed by atoms with Gasteiger partial charge in [-0.3, -0.25) is 0 Å². The SMILES string of the molecule is CC1(C)c2ccccc2-c2ccc(N(c3ccc4c(c3)C(C)(C)c3ccccc3-4)c3cccc4c3Oc3ccccc3C43c4ccccc4-c4c3ccc3ccccc43)cc21. The topological polar surface area (TPSA) is 12.5 Å². The largest absolute Gasteiger partial charge is 0.454 e. The van der Waals surface area contributed by atoms with Crippen molar-refractivity contribution in [3.05, 3.63) is 233 Å². The van der Waals surface area contributed by atoms with Crippen molar-refractivity contribution in [1.82, 2.24) is 0 Å². The minimum atomic E-state index is -0.606. The molecule has 1 heterocycles. The summed E-state index contributed by atoms with van der Waals surface area (Å²) >= 11 is 0. The summed E-state index contributed by atoms with van der Waals surface area (Å²) in [5, 5.41) is 2.52. The summed E-state index contributed by atoms with van der Waals surface area (Å²) in [4.78, 5) is 2.47. The molecule has 0 radical (unpaired) electrons. The molecule has 3 aliphatic carbocycles. The molecule has 1 aliphatic heterocycles. The molecule has 9 aromatic carbocycles. The van der Waals surface area contributed by atoms with Crippen LogP contribution in [0.2, 0.25) is 0 Å². The number of hydrogen-bond acceptors (Lipinski definition) is 2. The standard InChI is InChI=1S/C59H43NO/c1-57(2)45-21-10-7-18-40(45)42-31-29-37(34-51(42)57)60(38-30-32-43-41-19-8-11-22-46(41)58(3,4)52(43)35-38)53-26-15-25-50-56(53)61-54-27-14-13-24-48(54)59(50)47-23-12-9-20-44(47)55-39-17-6-5-16-36(39)28-33-49(55)59/h5-35H,1-4H3. The van der Waals surface area contributed by atoms with Crippen molar-refractivity contribution in [3.63, 3.8) is 0 Å². The first kappa shape index (κ1) is 34.7. The molecular formula is C59H43NO. The van der Waals surface area contributed by atoms with Crippen LogP contribution in [0.4, 0.5) is 17.1 Å². The van der Waals surface area contributed by atoms with Gasteiger partial charge in [0.1, 0.15) is 5.75 Å². The Morgan fingerprint density at radius 1 is 0.377 bits per heavy atom. The average molecular weight is 782 g/mol. The lowest BCUT2D eigenvalue weighted by Gasteiger charge is -2.41. The highest BCUT2D eigenvalue weighted by Gasteiger charge is 2.52. The van der Waals surface area contributed by atoms with Gasteiger partial charge in [0.05, 0.1) is 11.1 Å². The Morgan fingerprint density at radius 2 is 0.902 bits per heavy atom. The van der Waals surface area contributed by atoms with E-state index in [1.54, 1.807) is 0 Å². The second kappa shape index (κ2) is 12.0. The van der Waals surface area contributed by atoms with Crippen molar-refractivity contribution < 1.29 is 4.74 Å². The van der Waals surface area contributed by atoms with Gasteiger partial charge >= 0.3 is 0 Å². The van der Waals surface area contributed by atoms with Crippen LogP contribution in [0, 0.1) is 0 Å². The van der Waals surface area contributed by atoms with Gasteiger partial charge < -0.3 is 9.64 Å². The molecular weight excluding hydrogens is 739 g/mol. The summed E-state index contributed by atoms with van der Waals surface area (Å²) in [6, 6.07) is 70.2. The van der Waals surface area contributed by atoms with E-state index >= 15 is 0 Å². The molecule has 0 saturated heterocycles. The molecule has 1 atom stereocenters. The number of para-hydroxylation sites is 2. The number of rotatable bonds is 3. The maximum atomic E-state index is 7.36. The van der Waals surface area contributed by atoms with Crippen molar-refractivity contribution in [3.8, 4) is 44.9 Å². The number of nitrogens with zero attached hydrogens (tertiary/aromatic N) is 1. The summed E-state index contributed by atoms with van der Waals surface area (Å²) in [6.07, 6.45) is 0. The minimum Gasteiger partial charge on any atom is -0.454 e. The number of anilines is 3. The lowest BCUT2D eigenvalue weighted by molar-refractivity contribution is 0.437. The molecule has 2 heteroatoms. The van der Waals surface area contributed by atoms with E-state index in [-0.39, 0.29) is 10.8 Å². The van der Waals surface area contributed by atoms with Crippen LogP contribution in [0.3, 0.4) is 0 Å². The van der Waals surface area contributed by atoms with Gasteiger partial charge in [0.15, 0.2) is 5.75 Å². The maximum absolute atomic E-state index is 7.36. The van der Waals surface area contributed by atoms with Crippen molar-refractivity contribution in [2.45, 2.75) is 43.9 Å². The highest BCUT2D eigenvalue weighted by atomic mass is 16.5. The Bertz CT molecular complexity index is 3260. The Labute approximate surface area is 357 Å². The van der Waals surface area contributed by atoms with E-state index in [0.717, 1.165) is 34.1 Å². The van der Waals surface area contributed by atoms with Gasteiger partial charge in [-0.25, -0.2) is 0 Å². The van der Waals surface area contributed by atoms with Crippen molar-refractivity contribution in [2.75, 3.05) is 4.90 Å². The fourth-order valence-corrected chi connectivity index (χ4v) is 11.9. The summed E-state index contributed by atoms with van der Waals surface area (Å²) < 4.78 is 7.36. The molecule has 0 amide bonds. The molecule has 1 unspecified atom stereocenters. The third kappa shape index (κ3) is 4.37. The van der Waals surface area contributed by atoms with Crippen LogP contribution >= 0.6 is 0 Å². The van der Waals surface area contributed by atoms with Crippen LogP contribution in [0.15, 0.2) is 188 Å². The molecule has 4 aliphatic rings. The first-order valence-corrected chi connectivity index (χ1v) is 21.6. The Hall–Kier alpha value is -7.16. The maximum Gasteiger partial charge on any atom is 0.156 e. The van der Waals surface area contributed by atoms with Crippen LogP contribution in [-0.2, 0) is 16.2 Å². The minimum absolute atomic E-state index is 0.162. The molecule has 0 saturated carbocycles. The van der Waals surface area contributed by atoms with Crippen LogP contribution in [0.25, 0.3) is 44.2 Å². The molecule has 0 N–H and O–H groups in total. The van der Waals surface area contributed by atoms with E-state index < -0.39 is 5.41 Å². The quantitative estimate of drug-likeness (QED) is 0.177. The smallest absolute Gasteiger partial charge is 0.156 e. The van der Waals surface area contributed by atoms with Crippen LogP contribution in [0.1, 0.15) is 72.2 Å². The zero-order valence-electron chi connectivity index (χ0n) is 34.8. The summed E-state index contributed by atoms with van der Waals surface area (Å²) in [6.45, 7) is 9.48. The van der Waals surface area contributed by atoms with Gasteiger partial charge in [0.25, 0.3) is 0 Å². The van der Waals surface area contributed by atoms with Gasteiger partial charge in [0, 0.05) is 33.3 Å². The number of fused-ring (bicyclic) bond motifs is 17. The molecule has 290 valence electrons. The van der Waals surface area contributed by atoms with Gasteiger partial charge in [-0.1, -0.05) is 179 Å². The predicted octanol–water partition coefficient (Wildman–Crippen LogP) is 15.4. The third-order valence-corrected chi connectivity index (χ3v) is 14.7. The third-order valence-electron chi connectivity index (χ3n) is 14.7. The predicted molar refractivity (Wildman–Crippen MR) is 251 cm³/mol. The normalized spacial score (nSPS) is 17.3. The highest BCUT2D eigenvalue weighted by molar-refractivity contribution is 6.05. The van der Waals surface area contributed by atoms with Crippen LogP contribution < -0.4 is 9.64 Å². The number of hydrogen-bond donors (Lipinski definition) is 0. The van der Waals surface area contributed by atoms with Crippen LogP contribution in [-0.4, -0.2) is 0 Å². The second-order valence-corrected chi connectivity index (χ2v) is 18.4. The second-order valence-electron chi connectivity index (χ2n) is 18.4. The van der Waals surface area contributed by atoms with Crippen molar-refractivity contribution in [2.24, 2.45) is 0 Å². The summed E-state index contributed by atoms with van der Waals surface area (Å²) in [7, 11) is 0. The van der Waals surface area contributed by atoms with Crippen LogP contribution in [0.5, 0.6) is 11.5 Å². The Kier molecular flexibility index (Phi) is 6.81. The monoisotopic (exact) mass is 781 g/mol. The zero-order valence-corrected chi connectivity index (χ0v) is 34.8. The van der Waals surface area contributed by atoms with Gasteiger partial charge in [0.2, 0.25) is 0 Å². The van der Waals surface area contributed by atoms with E-state index in [1.165, 1.54) is 83.1 Å².